The Kier molecular flexibility index (Phi) is 6.49. The summed E-state index contributed by atoms with van der Waals surface area (Å²) in [5.41, 5.74) is 2.72. The number of anilines is 1. The van der Waals surface area contributed by atoms with E-state index in [0.29, 0.717) is 42.6 Å². The van der Waals surface area contributed by atoms with Crippen LogP contribution in [0.15, 0.2) is 30.3 Å². The Bertz CT molecular complexity index is 945. The van der Waals surface area contributed by atoms with E-state index in [4.69, 9.17) is 23.2 Å². The van der Waals surface area contributed by atoms with Gasteiger partial charge in [0.15, 0.2) is 11.6 Å². The number of halogens is 4. The van der Waals surface area contributed by atoms with Gasteiger partial charge in [0.1, 0.15) is 0 Å². The van der Waals surface area contributed by atoms with Crippen LogP contribution in [0, 0.1) is 11.6 Å². The minimum Gasteiger partial charge on any atom is -0.367 e. The molecule has 3 nitrogen and oxygen atoms in total. The van der Waals surface area contributed by atoms with Crippen molar-refractivity contribution in [3.63, 3.8) is 0 Å². The monoisotopic (exact) mass is 452 g/mol. The second-order valence-electron chi connectivity index (χ2n) is 8.03. The largest absolute Gasteiger partial charge is 0.367 e. The average molecular weight is 453 g/mol. The summed E-state index contributed by atoms with van der Waals surface area (Å²) in [6, 6.07) is 8.24. The second kappa shape index (κ2) is 9.11. The van der Waals surface area contributed by atoms with Gasteiger partial charge in [-0.1, -0.05) is 29.3 Å². The lowest BCUT2D eigenvalue weighted by atomic mass is 9.95. The quantitative estimate of drug-likeness (QED) is 0.570. The SMILES string of the molecule is O=C(CCCC1CCc2cc(F)c(F)cc21)N1CCN(c2cccc(Cl)c2Cl)CC1. The smallest absolute Gasteiger partial charge is 0.222 e. The molecule has 7 heteroatoms. The lowest BCUT2D eigenvalue weighted by molar-refractivity contribution is -0.131. The molecule has 1 unspecified atom stereocenters. The predicted molar refractivity (Wildman–Crippen MR) is 117 cm³/mol. The first kappa shape index (κ1) is 21.4. The highest BCUT2D eigenvalue weighted by atomic mass is 35.5. The molecule has 0 saturated carbocycles. The first-order valence-electron chi connectivity index (χ1n) is 10.4. The number of rotatable bonds is 5. The molecular formula is C23H24Cl2F2N2O. The number of benzene rings is 2. The van der Waals surface area contributed by atoms with Crippen LogP contribution in [0.3, 0.4) is 0 Å². The van der Waals surface area contributed by atoms with E-state index < -0.39 is 11.6 Å². The van der Waals surface area contributed by atoms with Crippen LogP contribution in [-0.4, -0.2) is 37.0 Å². The molecule has 1 aliphatic carbocycles. The molecule has 1 aliphatic heterocycles. The number of carbonyl (C=O) groups excluding carboxylic acids is 1. The number of carbonyl (C=O) groups is 1. The molecule has 4 rings (SSSR count). The first-order valence-corrected chi connectivity index (χ1v) is 11.1. The topological polar surface area (TPSA) is 23.6 Å². The van der Waals surface area contributed by atoms with Crippen molar-refractivity contribution in [3.8, 4) is 0 Å². The fourth-order valence-electron chi connectivity index (χ4n) is 4.58. The minimum atomic E-state index is -0.783. The van der Waals surface area contributed by atoms with Crippen molar-refractivity contribution in [1.82, 2.24) is 4.90 Å². The van der Waals surface area contributed by atoms with Crippen LogP contribution in [-0.2, 0) is 11.2 Å². The number of aryl methyl sites for hydroxylation is 1. The summed E-state index contributed by atoms with van der Waals surface area (Å²) in [5.74, 6) is -1.20. The Morgan fingerprint density at radius 1 is 1.07 bits per heavy atom. The molecule has 160 valence electrons. The van der Waals surface area contributed by atoms with Gasteiger partial charge in [0, 0.05) is 32.6 Å². The van der Waals surface area contributed by atoms with Crippen molar-refractivity contribution in [2.75, 3.05) is 31.1 Å². The lowest BCUT2D eigenvalue weighted by Gasteiger charge is -2.36. The summed E-state index contributed by atoms with van der Waals surface area (Å²) in [5, 5.41) is 1.08. The van der Waals surface area contributed by atoms with Gasteiger partial charge in [-0.15, -0.1) is 0 Å². The van der Waals surface area contributed by atoms with Gasteiger partial charge in [0.2, 0.25) is 5.91 Å². The molecule has 2 aliphatic rings. The summed E-state index contributed by atoms with van der Waals surface area (Å²) in [4.78, 5) is 16.7. The molecule has 0 spiro atoms. The van der Waals surface area contributed by atoms with Crippen LogP contribution in [0.2, 0.25) is 10.0 Å². The molecule has 1 heterocycles. The van der Waals surface area contributed by atoms with E-state index >= 15 is 0 Å². The van der Waals surface area contributed by atoms with E-state index in [1.54, 1.807) is 6.07 Å². The second-order valence-corrected chi connectivity index (χ2v) is 8.82. The van der Waals surface area contributed by atoms with Gasteiger partial charge in [-0.25, -0.2) is 8.78 Å². The molecule has 2 aromatic carbocycles. The molecule has 2 aromatic rings. The van der Waals surface area contributed by atoms with E-state index in [2.05, 4.69) is 4.90 Å². The van der Waals surface area contributed by atoms with Crippen molar-refractivity contribution < 1.29 is 13.6 Å². The number of fused-ring (bicyclic) bond motifs is 1. The molecule has 0 aromatic heterocycles. The fraction of sp³-hybridized carbons (Fsp3) is 0.435. The summed E-state index contributed by atoms with van der Waals surface area (Å²) in [6.45, 7) is 2.73. The zero-order chi connectivity index (χ0) is 21.3. The number of hydrogen-bond acceptors (Lipinski definition) is 2. The number of amides is 1. The average Bonchev–Trinajstić information content (AvgIpc) is 3.12. The summed E-state index contributed by atoms with van der Waals surface area (Å²) >= 11 is 12.4. The lowest BCUT2D eigenvalue weighted by Crippen LogP contribution is -2.48. The number of piperazine rings is 1. The molecule has 0 radical (unpaired) electrons. The van der Waals surface area contributed by atoms with Gasteiger partial charge in [0.25, 0.3) is 0 Å². The van der Waals surface area contributed by atoms with E-state index in [1.807, 2.05) is 17.0 Å². The Hall–Kier alpha value is -1.85. The third kappa shape index (κ3) is 4.42. The van der Waals surface area contributed by atoms with Crippen LogP contribution in [0.5, 0.6) is 0 Å². The fourth-order valence-corrected chi connectivity index (χ4v) is 4.99. The molecule has 1 atom stereocenters. The minimum absolute atomic E-state index is 0.148. The maximum Gasteiger partial charge on any atom is 0.222 e. The third-order valence-corrected chi connectivity index (χ3v) is 7.04. The van der Waals surface area contributed by atoms with Gasteiger partial charge in [-0.2, -0.15) is 0 Å². The standard InChI is InChI=1S/C23H24Cl2F2N2O/c24-18-4-2-5-21(23(18)25)28-9-11-29(12-10-28)22(30)6-1-3-15-7-8-16-13-19(26)20(27)14-17(15)16/h2,4-5,13-15H,1,3,6-12H2. The number of nitrogens with zero attached hydrogens (tertiary/aromatic N) is 2. The van der Waals surface area contributed by atoms with Crippen molar-refractivity contribution in [2.45, 2.75) is 38.0 Å². The Balaban J connectivity index is 1.26. The van der Waals surface area contributed by atoms with E-state index in [9.17, 15) is 13.6 Å². The van der Waals surface area contributed by atoms with E-state index in [-0.39, 0.29) is 11.8 Å². The van der Waals surface area contributed by atoms with Crippen molar-refractivity contribution in [2.24, 2.45) is 0 Å². The Morgan fingerprint density at radius 2 is 1.80 bits per heavy atom. The molecule has 30 heavy (non-hydrogen) atoms. The van der Waals surface area contributed by atoms with Crippen LogP contribution in [0.1, 0.15) is 42.7 Å². The molecule has 0 bridgehead atoms. The first-order chi connectivity index (χ1) is 14.4. The van der Waals surface area contributed by atoms with Crippen LogP contribution >= 0.6 is 23.2 Å². The molecular weight excluding hydrogens is 429 g/mol. The predicted octanol–water partition coefficient (Wildman–Crippen LogP) is 5.82. The molecule has 1 fully saturated rings. The van der Waals surface area contributed by atoms with Crippen molar-refractivity contribution >= 4 is 34.8 Å². The highest BCUT2D eigenvalue weighted by molar-refractivity contribution is 6.43. The van der Waals surface area contributed by atoms with Crippen LogP contribution in [0.4, 0.5) is 14.5 Å². The van der Waals surface area contributed by atoms with Crippen molar-refractivity contribution in [1.29, 1.82) is 0 Å². The molecule has 0 N–H and O–H groups in total. The zero-order valence-electron chi connectivity index (χ0n) is 16.6. The van der Waals surface area contributed by atoms with Crippen LogP contribution in [0.25, 0.3) is 0 Å². The van der Waals surface area contributed by atoms with Crippen LogP contribution < -0.4 is 4.90 Å². The van der Waals surface area contributed by atoms with Gasteiger partial charge in [-0.3, -0.25) is 4.79 Å². The number of hydrogen-bond donors (Lipinski definition) is 0. The Morgan fingerprint density at radius 3 is 2.57 bits per heavy atom. The normalized spacial score (nSPS) is 18.6. The van der Waals surface area contributed by atoms with Gasteiger partial charge < -0.3 is 9.80 Å². The highest BCUT2D eigenvalue weighted by Crippen LogP contribution is 2.38. The maximum atomic E-state index is 13.6. The molecule has 1 amide bonds. The summed E-state index contributed by atoms with van der Waals surface area (Å²) in [7, 11) is 0. The van der Waals surface area contributed by atoms with Gasteiger partial charge >= 0.3 is 0 Å². The van der Waals surface area contributed by atoms with Gasteiger partial charge in [0.05, 0.1) is 15.7 Å². The summed E-state index contributed by atoms with van der Waals surface area (Å²) < 4.78 is 27.0. The van der Waals surface area contributed by atoms with Crippen molar-refractivity contribution in [3.05, 3.63) is 63.1 Å². The van der Waals surface area contributed by atoms with E-state index in [1.165, 1.54) is 12.1 Å². The Labute approximate surface area is 185 Å². The zero-order valence-corrected chi connectivity index (χ0v) is 18.2. The van der Waals surface area contributed by atoms with Gasteiger partial charge in [-0.05, 0) is 67.0 Å². The molecule has 1 saturated heterocycles. The highest BCUT2D eigenvalue weighted by Gasteiger charge is 2.26. The maximum absolute atomic E-state index is 13.6. The third-order valence-electron chi connectivity index (χ3n) is 6.23. The van der Waals surface area contributed by atoms with E-state index in [0.717, 1.165) is 42.5 Å². The summed E-state index contributed by atoms with van der Waals surface area (Å²) in [6.07, 6.45) is 3.72.